The lowest BCUT2D eigenvalue weighted by atomic mass is 9.95. The molecule has 1 saturated heterocycles. The average molecular weight is 739 g/mol. The Kier molecular flexibility index (Phi) is 9.68. The summed E-state index contributed by atoms with van der Waals surface area (Å²) in [6.45, 7) is -0.865. The summed E-state index contributed by atoms with van der Waals surface area (Å²) in [6.07, 6.45) is -10.4. The molecule has 2 aliphatic rings. The standard InChI is InChI=1S/C35H30O18/c36-16-3-1-13(2-4-16)24-11-19(38)27-18(37)9-17(10-25(27)51-24)50-35-31(46)30(45)32(53-34(48)15-7-22(41)29(44)23(42)8-15)26(52-35)12-49-33(47)14-5-20(39)28(43)21(40)6-14/h1-10,24,26,30-32,35-37,39-46H,11-12H2/t24-,26+,30+,31+,32+,35+/m0/s1. The summed E-state index contributed by atoms with van der Waals surface area (Å²) >= 11 is 0. The van der Waals surface area contributed by atoms with Gasteiger partial charge in [0.05, 0.1) is 17.5 Å². The monoisotopic (exact) mass is 738 g/mol. The molecule has 4 aromatic carbocycles. The fourth-order valence-electron chi connectivity index (χ4n) is 5.65. The Morgan fingerprint density at radius 3 is 1.87 bits per heavy atom. The van der Waals surface area contributed by atoms with E-state index in [9.17, 15) is 65.4 Å². The van der Waals surface area contributed by atoms with E-state index >= 15 is 0 Å². The molecule has 18 heteroatoms. The third kappa shape index (κ3) is 7.27. The van der Waals surface area contributed by atoms with Crippen LogP contribution in [0.4, 0.5) is 0 Å². The minimum Gasteiger partial charge on any atom is -0.508 e. The summed E-state index contributed by atoms with van der Waals surface area (Å²) in [6, 6.07) is 11.1. The van der Waals surface area contributed by atoms with Gasteiger partial charge in [-0.2, -0.15) is 0 Å². The van der Waals surface area contributed by atoms with Crippen LogP contribution in [0.5, 0.6) is 57.5 Å². The van der Waals surface area contributed by atoms with Crippen molar-refractivity contribution in [2.45, 2.75) is 43.2 Å². The third-order valence-corrected chi connectivity index (χ3v) is 8.36. The van der Waals surface area contributed by atoms with E-state index < -0.39 is 113 Å². The molecule has 4 aromatic rings. The van der Waals surface area contributed by atoms with Crippen molar-refractivity contribution in [3.8, 4) is 57.5 Å². The van der Waals surface area contributed by atoms with E-state index in [0.29, 0.717) is 5.56 Å². The highest BCUT2D eigenvalue weighted by atomic mass is 16.7. The summed E-state index contributed by atoms with van der Waals surface area (Å²) in [5.41, 5.74) is -0.592. The second-order valence-corrected chi connectivity index (χ2v) is 12.0. The molecule has 0 spiro atoms. The maximum atomic E-state index is 13.0. The van der Waals surface area contributed by atoms with E-state index in [-0.39, 0.29) is 29.2 Å². The maximum absolute atomic E-state index is 13.0. The summed E-state index contributed by atoms with van der Waals surface area (Å²) in [5.74, 6) is -9.30. The molecule has 0 bridgehead atoms. The number of esters is 2. The SMILES string of the molecule is O=C(OC[C@H]1O[C@@H](Oc2cc(O)c3c(c2)O[C@H](c2ccc(O)cc2)CC3=O)[C@H](O)[C@@H](O)[C@@H]1OC(=O)c1cc(O)c(O)c(O)c1)c1cc(O)c(O)c(O)c1. The van der Waals surface area contributed by atoms with Gasteiger partial charge in [0, 0.05) is 12.1 Å². The van der Waals surface area contributed by atoms with Crippen molar-refractivity contribution in [1.82, 2.24) is 0 Å². The highest BCUT2D eigenvalue weighted by molar-refractivity contribution is 6.02. The van der Waals surface area contributed by atoms with Crippen molar-refractivity contribution >= 4 is 17.7 Å². The van der Waals surface area contributed by atoms with Crippen LogP contribution in [0.3, 0.4) is 0 Å². The molecule has 0 aromatic heterocycles. The number of ketones is 1. The Labute approximate surface area is 297 Å². The molecule has 18 nitrogen and oxygen atoms in total. The summed E-state index contributed by atoms with van der Waals surface area (Å²) in [5, 5.41) is 101. The number of carbonyl (C=O) groups excluding carboxylic acids is 3. The summed E-state index contributed by atoms with van der Waals surface area (Å²) in [4.78, 5) is 38.8. The number of rotatable bonds is 8. The van der Waals surface area contributed by atoms with E-state index in [2.05, 4.69) is 0 Å². The summed E-state index contributed by atoms with van der Waals surface area (Å²) < 4.78 is 28.0. The number of aliphatic hydroxyl groups is 2. The zero-order valence-electron chi connectivity index (χ0n) is 26.9. The number of aromatic hydroxyl groups is 8. The quantitative estimate of drug-likeness (QED) is 0.0912. The maximum Gasteiger partial charge on any atom is 0.338 e. The fourth-order valence-corrected chi connectivity index (χ4v) is 5.65. The van der Waals surface area contributed by atoms with Crippen LogP contribution < -0.4 is 9.47 Å². The van der Waals surface area contributed by atoms with E-state index in [1.807, 2.05) is 0 Å². The van der Waals surface area contributed by atoms with Gasteiger partial charge in [-0.3, -0.25) is 4.79 Å². The topological polar surface area (TPSA) is 300 Å². The van der Waals surface area contributed by atoms with Gasteiger partial charge in [-0.25, -0.2) is 9.59 Å². The Hall–Kier alpha value is -6.63. The first-order valence-electron chi connectivity index (χ1n) is 15.5. The van der Waals surface area contributed by atoms with Crippen molar-refractivity contribution in [2.75, 3.05) is 6.61 Å². The van der Waals surface area contributed by atoms with E-state index in [4.69, 9.17) is 23.7 Å². The molecule has 2 aliphatic heterocycles. The van der Waals surface area contributed by atoms with Crippen LogP contribution in [0.2, 0.25) is 0 Å². The first kappa shape index (κ1) is 36.2. The zero-order chi connectivity index (χ0) is 38.3. The molecule has 0 unspecified atom stereocenters. The number of fused-ring (bicyclic) bond motifs is 1. The van der Waals surface area contributed by atoms with Gasteiger partial charge in [-0.1, -0.05) is 12.1 Å². The van der Waals surface area contributed by atoms with Gasteiger partial charge in [0.15, 0.2) is 46.4 Å². The van der Waals surface area contributed by atoms with Gasteiger partial charge < -0.3 is 74.7 Å². The smallest absolute Gasteiger partial charge is 0.338 e. The molecule has 0 amide bonds. The Morgan fingerprint density at radius 1 is 0.717 bits per heavy atom. The van der Waals surface area contributed by atoms with Crippen molar-refractivity contribution in [3.63, 3.8) is 0 Å². The number of Topliss-reactive ketones (excluding diaryl/α,β-unsaturated/α-hetero) is 1. The van der Waals surface area contributed by atoms with Gasteiger partial charge in [-0.05, 0) is 42.0 Å². The van der Waals surface area contributed by atoms with Crippen LogP contribution in [0.1, 0.15) is 49.2 Å². The van der Waals surface area contributed by atoms with Crippen LogP contribution in [0.15, 0.2) is 60.7 Å². The molecule has 6 rings (SSSR count). The molecule has 1 fully saturated rings. The number of benzene rings is 4. The number of carbonyl (C=O) groups is 3. The number of ether oxygens (including phenoxy) is 5. The molecule has 53 heavy (non-hydrogen) atoms. The first-order chi connectivity index (χ1) is 25.1. The number of phenolic OH excluding ortho intramolecular Hbond substituents is 8. The van der Waals surface area contributed by atoms with Crippen LogP contribution >= 0.6 is 0 Å². The summed E-state index contributed by atoms with van der Waals surface area (Å²) in [7, 11) is 0. The van der Waals surface area contributed by atoms with Crippen molar-refractivity contribution in [3.05, 3.63) is 82.9 Å². The van der Waals surface area contributed by atoms with Gasteiger partial charge >= 0.3 is 11.9 Å². The number of hydrogen-bond donors (Lipinski definition) is 10. The predicted octanol–water partition coefficient (Wildman–Crippen LogP) is 1.95. The Bertz CT molecular complexity index is 2030. The normalized spacial score (nSPS) is 22.3. The number of aliphatic hydroxyl groups excluding tert-OH is 2. The molecule has 10 N–H and O–H groups in total. The van der Waals surface area contributed by atoms with Gasteiger partial charge in [0.25, 0.3) is 0 Å². The lowest BCUT2D eigenvalue weighted by Crippen LogP contribution is -2.61. The fraction of sp³-hybridized carbons (Fsp3) is 0.229. The molecular weight excluding hydrogens is 708 g/mol. The van der Waals surface area contributed by atoms with Crippen molar-refractivity contribution < 1.29 is 89.1 Å². The van der Waals surface area contributed by atoms with Crippen LogP contribution in [0, 0.1) is 0 Å². The minimum atomic E-state index is -2.06. The van der Waals surface area contributed by atoms with E-state index in [1.165, 1.54) is 18.2 Å². The number of phenols is 8. The molecule has 6 atom stereocenters. The average Bonchev–Trinajstić information content (AvgIpc) is 3.11. The van der Waals surface area contributed by atoms with Crippen molar-refractivity contribution in [2.24, 2.45) is 0 Å². The first-order valence-corrected chi connectivity index (χ1v) is 15.5. The predicted molar refractivity (Wildman–Crippen MR) is 172 cm³/mol. The van der Waals surface area contributed by atoms with Crippen LogP contribution in [-0.4, -0.2) is 106 Å². The molecule has 2 heterocycles. The molecule has 0 aliphatic carbocycles. The zero-order valence-corrected chi connectivity index (χ0v) is 26.9. The van der Waals surface area contributed by atoms with Crippen LogP contribution in [-0.2, 0) is 14.2 Å². The minimum absolute atomic E-state index is 0.0131. The number of hydrogen-bond acceptors (Lipinski definition) is 18. The lowest BCUT2D eigenvalue weighted by molar-refractivity contribution is -0.276. The van der Waals surface area contributed by atoms with Gasteiger partial charge in [-0.15, -0.1) is 0 Å². The largest absolute Gasteiger partial charge is 0.508 e. The highest BCUT2D eigenvalue weighted by Gasteiger charge is 2.49. The lowest BCUT2D eigenvalue weighted by Gasteiger charge is -2.41. The molecule has 278 valence electrons. The third-order valence-electron chi connectivity index (χ3n) is 8.36. The molecule has 0 saturated carbocycles. The van der Waals surface area contributed by atoms with Gasteiger partial charge in [0.2, 0.25) is 6.29 Å². The van der Waals surface area contributed by atoms with E-state index in [1.54, 1.807) is 12.1 Å². The second kappa shape index (κ2) is 14.2. The highest BCUT2D eigenvalue weighted by Crippen LogP contribution is 2.43. The van der Waals surface area contributed by atoms with Gasteiger partial charge in [0.1, 0.15) is 59.6 Å². The molecule has 0 radical (unpaired) electrons. The molecular formula is C35H30O18. The van der Waals surface area contributed by atoms with Crippen LogP contribution in [0.25, 0.3) is 0 Å². The van der Waals surface area contributed by atoms with Crippen molar-refractivity contribution in [1.29, 1.82) is 0 Å². The second-order valence-electron chi connectivity index (χ2n) is 12.0. The Balaban J connectivity index is 1.26. The Morgan fingerprint density at radius 2 is 1.28 bits per heavy atom. The van der Waals surface area contributed by atoms with E-state index in [0.717, 1.165) is 30.3 Å².